The number of amides is 1. The summed E-state index contributed by atoms with van der Waals surface area (Å²) < 4.78 is 5.73. The van der Waals surface area contributed by atoms with Crippen LogP contribution >= 0.6 is 46.1 Å². The number of thiazole rings is 1. The normalized spacial score (nSPS) is 11.9. The molecule has 1 unspecified atom stereocenters. The molecule has 0 aliphatic rings. The van der Waals surface area contributed by atoms with E-state index in [2.05, 4.69) is 10.3 Å². The number of aryl methyl sites for hydroxylation is 1. The molecule has 1 N–H and O–H groups in total. The molecule has 1 heterocycles. The lowest BCUT2D eigenvalue weighted by Crippen LogP contribution is -2.30. The van der Waals surface area contributed by atoms with Gasteiger partial charge in [-0.2, -0.15) is 0 Å². The predicted molar refractivity (Wildman–Crippen MR) is 112 cm³/mol. The zero-order chi connectivity index (χ0) is 19.6. The summed E-state index contributed by atoms with van der Waals surface area (Å²) in [4.78, 5) is 16.8. The second-order valence-electron chi connectivity index (χ2n) is 5.83. The number of nitrogens with one attached hydrogen (secondary N) is 1. The van der Waals surface area contributed by atoms with Crippen LogP contribution in [0.3, 0.4) is 0 Å². The highest BCUT2D eigenvalue weighted by atomic mass is 35.5. The maximum absolute atomic E-state index is 12.4. The first kappa shape index (κ1) is 20.0. The Kier molecular flexibility index (Phi) is 6.27. The number of rotatable bonds is 5. The third-order valence-electron chi connectivity index (χ3n) is 3.76. The Morgan fingerprint density at radius 2 is 1.93 bits per heavy atom. The van der Waals surface area contributed by atoms with E-state index >= 15 is 0 Å². The van der Waals surface area contributed by atoms with Crippen molar-refractivity contribution in [2.75, 3.05) is 5.32 Å². The fourth-order valence-electron chi connectivity index (χ4n) is 2.32. The summed E-state index contributed by atoms with van der Waals surface area (Å²) in [7, 11) is 0. The van der Waals surface area contributed by atoms with Crippen LogP contribution in [0.25, 0.3) is 11.3 Å². The molecule has 1 atom stereocenters. The summed E-state index contributed by atoms with van der Waals surface area (Å²) in [5.74, 6) is 0.317. The number of benzene rings is 2. The molecule has 27 heavy (non-hydrogen) atoms. The predicted octanol–water partition coefficient (Wildman–Crippen LogP) is 6.48. The molecule has 0 saturated carbocycles. The number of nitrogens with zero attached hydrogens (tertiary/aromatic N) is 1. The summed E-state index contributed by atoms with van der Waals surface area (Å²) in [5.41, 5.74) is 2.39. The van der Waals surface area contributed by atoms with Crippen LogP contribution in [0.4, 0.5) is 5.13 Å². The molecule has 1 amide bonds. The van der Waals surface area contributed by atoms with Gasteiger partial charge in [-0.25, -0.2) is 4.98 Å². The number of anilines is 1. The number of hydrogen-bond acceptors (Lipinski definition) is 4. The molecule has 0 saturated heterocycles. The van der Waals surface area contributed by atoms with Gasteiger partial charge in [-0.1, -0.05) is 40.9 Å². The van der Waals surface area contributed by atoms with Crippen molar-refractivity contribution in [3.8, 4) is 17.0 Å². The second-order valence-corrected chi connectivity index (χ2v) is 7.93. The van der Waals surface area contributed by atoms with Gasteiger partial charge in [0.1, 0.15) is 5.75 Å². The Labute approximate surface area is 176 Å². The summed E-state index contributed by atoms with van der Waals surface area (Å²) >= 11 is 19.2. The van der Waals surface area contributed by atoms with E-state index in [0.717, 1.165) is 11.1 Å². The lowest BCUT2D eigenvalue weighted by atomic mass is 10.2. The highest BCUT2D eigenvalue weighted by Gasteiger charge is 2.18. The maximum Gasteiger partial charge on any atom is 0.266 e. The number of halogens is 3. The topological polar surface area (TPSA) is 51.2 Å². The van der Waals surface area contributed by atoms with Gasteiger partial charge in [0.05, 0.1) is 15.7 Å². The van der Waals surface area contributed by atoms with Crippen molar-refractivity contribution in [2.24, 2.45) is 0 Å². The molecule has 1 aromatic heterocycles. The Morgan fingerprint density at radius 3 is 2.63 bits per heavy atom. The van der Waals surface area contributed by atoms with Crippen LogP contribution in [0, 0.1) is 6.92 Å². The summed E-state index contributed by atoms with van der Waals surface area (Å²) in [6.45, 7) is 3.55. The number of hydrogen-bond donors (Lipinski definition) is 1. The molecule has 0 aliphatic heterocycles. The molecular formula is C19H15Cl3N2O2S. The van der Waals surface area contributed by atoms with E-state index < -0.39 is 6.10 Å². The number of ether oxygens (including phenoxy) is 1. The first-order valence-corrected chi connectivity index (χ1v) is 9.99. The van der Waals surface area contributed by atoms with Crippen LogP contribution in [0.2, 0.25) is 15.1 Å². The van der Waals surface area contributed by atoms with E-state index in [1.807, 2.05) is 18.4 Å². The average Bonchev–Trinajstić information content (AvgIpc) is 3.08. The summed E-state index contributed by atoms with van der Waals surface area (Å²) in [6.07, 6.45) is -0.692. The average molecular weight is 442 g/mol. The van der Waals surface area contributed by atoms with Crippen molar-refractivity contribution in [2.45, 2.75) is 20.0 Å². The first-order chi connectivity index (χ1) is 12.8. The fraction of sp³-hybridized carbons (Fsp3) is 0.158. The molecule has 3 aromatic rings. The lowest BCUT2D eigenvalue weighted by molar-refractivity contribution is -0.122. The van der Waals surface area contributed by atoms with Gasteiger partial charge in [0, 0.05) is 16.0 Å². The van der Waals surface area contributed by atoms with Crippen LogP contribution in [0.1, 0.15) is 12.5 Å². The molecule has 0 bridgehead atoms. The molecule has 140 valence electrons. The van der Waals surface area contributed by atoms with Crippen molar-refractivity contribution >= 4 is 57.2 Å². The van der Waals surface area contributed by atoms with Crippen LogP contribution in [0.15, 0.2) is 41.8 Å². The Morgan fingerprint density at radius 1 is 1.15 bits per heavy atom. The van der Waals surface area contributed by atoms with Gasteiger partial charge in [0.25, 0.3) is 5.91 Å². The number of carbonyl (C=O) groups excluding carboxylic acids is 1. The van der Waals surface area contributed by atoms with Gasteiger partial charge >= 0.3 is 0 Å². The van der Waals surface area contributed by atoms with E-state index in [9.17, 15) is 4.79 Å². The molecule has 0 fully saturated rings. The smallest absolute Gasteiger partial charge is 0.266 e. The minimum absolute atomic E-state index is 0.292. The zero-order valence-corrected chi connectivity index (χ0v) is 17.5. The third kappa shape index (κ3) is 4.93. The van der Waals surface area contributed by atoms with Crippen molar-refractivity contribution in [3.05, 3.63) is 62.4 Å². The zero-order valence-electron chi connectivity index (χ0n) is 14.4. The van der Waals surface area contributed by atoms with E-state index in [4.69, 9.17) is 39.5 Å². The monoisotopic (exact) mass is 440 g/mol. The van der Waals surface area contributed by atoms with Crippen molar-refractivity contribution in [1.82, 2.24) is 4.98 Å². The van der Waals surface area contributed by atoms with Gasteiger partial charge in [-0.05, 0) is 49.7 Å². The molecule has 0 spiro atoms. The Hall–Kier alpha value is -1.79. The van der Waals surface area contributed by atoms with E-state index in [-0.39, 0.29) is 5.91 Å². The van der Waals surface area contributed by atoms with Crippen LogP contribution in [-0.4, -0.2) is 17.0 Å². The van der Waals surface area contributed by atoms with Gasteiger partial charge < -0.3 is 4.74 Å². The molecule has 0 radical (unpaired) electrons. The van der Waals surface area contributed by atoms with E-state index in [1.165, 1.54) is 11.3 Å². The summed E-state index contributed by atoms with van der Waals surface area (Å²) in [6, 6.07) is 10.5. The number of aromatic nitrogens is 1. The molecule has 3 rings (SSSR count). The molecule has 2 aromatic carbocycles. The van der Waals surface area contributed by atoms with Crippen molar-refractivity contribution < 1.29 is 9.53 Å². The number of carbonyl (C=O) groups is 1. The Bertz CT molecular complexity index is 991. The fourth-order valence-corrected chi connectivity index (χ4v) is 3.56. The lowest BCUT2D eigenvalue weighted by Gasteiger charge is -2.15. The minimum Gasteiger partial charge on any atom is -0.481 e. The summed E-state index contributed by atoms with van der Waals surface area (Å²) in [5, 5.41) is 6.63. The highest BCUT2D eigenvalue weighted by Crippen LogP contribution is 2.30. The molecule has 0 aliphatic carbocycles. The van der Waals surface area contributed by atoms with Crippen molar-refractivity contribution in [3.63, 3.8) is 0 Å². The van der Waals surface area contributed by atoms with E-state index in [0.29, 0.717) is 31.6 Å². The van der Waals surface area contributed by atoms with Gasteiger partial charge in [0.2, 0.25) is 0 Å². The van der Waals surface area contributed by atoms with E-state index in [1.54, 1.807) is 37.3 Å². The molecule has 4 nitrogen and oxygen atoms in total. The van der Waals surface area contributed by atoms with Gasteiger partial charge in [-0.15, -0.1) is 11.3 Å². The van der Waals surface area contributed by atoms with Crippen LogP contribution in [-0.2, 0) is 4.79 Å². The maximum atomic E-state index is 12.4. The molecular weight excluding hydrogens is 427 g/mol. The van der Waals surface area contributed by atoms with Crippen LogP contribution in [0.5, 0.6) is 5.75 Å². The van der Waals surface area contributed by atoms with Gasteiger partial charge in [-0.3, -0.25) is 10.1 Å². The minimum atomic E-state index is -0.692. The third-order valence-corrected chi connectivity index (χ3v) is 5.49. The standard InChI is InChI=1S/C19H15Cl3N2O2S/c1-10-7-13(20)4-6-17(10)26-11(2)18(25)24-19-23-16(9-27-19)12-3-5-14(21)15(22)8-12/h3-9,11H,1-2H3,(H,23,24,25). The van der Waals surface area contributed by atoms with Crippen LogP contribution < -0.4 is 10.1 Å². The molecule has 8 heteroatoms. The second kappa shape index (κ2) is 8.48. The van der Waals surface area contributed by atoms with Gasteiger partial charge in [0.15, 0.2) is 11.2 Å². The SMILES string of the molecule is Cc1cc(Cl)ccc1OC(C)C(=O)Nc1nc(-c2ccc(Cl)c(Cl)c2)cs1. The largest absolute Gasteiger partial charge is 0.481 e. The first-order valence-electron chi connectivity index (χ1n) is 7.98. The highest BCUT2D eigenvalue weighted by molar-refractivity contribution is 7.14. The Balaban J connectivity index is 1.67. The quantitative estimate of drug-likeness (QED) is 0.492. The van der Waals surface area contributed by atoms with Crippen molar-refractivity contribution in [1.29, 1.82) is 0 Å².